The van der Waals surface area contributed by atoms with Gasteiger partial charge in [0.15, 0.2) is 0 Å². The average molecular weight is 355 g/mol. The first kappa shape index (κ1) is 16.3. The van der Waals surface area contributed by atoms with Gasteiger partial charge in [0.05, 0.1) is 23.1 Å². The van der Waals surface area contributed by atoms with E-state index < -0.39 is 0 Å². The van der Waals surface area contributed by atoms with Gasteiger partial charge in [-0.3, -0.25) is 14.5 Å². The zero-order chi connectivity index (χ0) is 17.1. The van der Waals surface area contributed by atoms with Gasteiger partial charge in [-0.05, 0) is 47.2 Å². The minimum Gasteiger partial charge on any atom is -0.268 e. The zero-order valence-corrected chi connectivity index (χ0v) is 14.0. The van der Waals surface area contributed by atoms with Crippen LogP contribution >= 0.6 is 23.4 Å². The molecule has 0 aromatic heterocycles. The molecule has 6 heteroatoms. The van der Waals surface area contributed by atoms with E-state index in [1.54, 1.807) is 48.5 Å². The van der Waals surface area contributed by atoms with E-state index in [4.69, 9.17) is 16.9 Å². The van der Waals surface area contributed by atoms with Crippen LogP contribution in [0.4, 0.5) is 4.79 Å². The molecule has 2 amide bonds. The Hall–Kier alpha value is -2.55. The molecule has 1 aliphatic heterocycles. The Bertz CT molecular complexity index is 885. The van der Waals surface area contributed by atoms with Gasteiger partial charge in [0.2, 0.25) is 0 Å². The van der Waals surface area contributed by atoms with E-state index in [0.29, 0.717) is 15.5 Å². The minimum absolute atomic E-state index is 0.148. The Morgan fingerprint density at radius 1 is 1.12 bits per heavy atom. The first-order chi connectivity index (χ1) is 11.6. The number of carbonyl (C=O) groups excluding carboxylic acids is 2. The highest BCUT2D eigenvalue weighted by molar-refractivity contribution is 8.18. The summed E-state index contributed by atoms with van der Waals surface area (Å²) in [6.45, 7) is 0.148. The number of carbonyl (C=O) groups is 2. The summed E-state index contributed by atoms with van der Waals surface area (Å²) in [6, 6.07) is 16.0. The highest BCUT2D eigenvalue weighted by Crippen LogP contribution is 2.34. The Balaban J connectivity index is 1.82. The molecule has 4 nitrogen and oxygen atoms in total. The smallest absolute Gasteiger partial charge is 0.268 e. The molecule has 0 radical (unpaired) electrons. The Kier molecular flexibility index (Phi) is 4.70. The number of benzene rings is 2. The summed E-state index contributed by atoms with van der Waals surface area (Å²) >= 11 is 7.00. The van der Waals surface area contributed by atoms with Crippen molar-refractivity contribution in [2.24, 2.45) is 0 Å². The van der Waals surface area contributed by atoms with E-state index in [1.165, 1.54) is 4.90 Å². The number of rotatable bonds is 3. The lowest BCUT2D eigenvalue weighted by Gasteiger charge is -2.13. The summed E-state index contributed by atoms with van der Waals surface area (Å²) in [6.07, 6.45) is 1.65. The van der Waals surface area contributed by atoms with Crippen LogP contribution in [0, 0.1) is 11.3 Å². The van der Waals surface area contributed by atoms with Crippen molar-refractivity contribution < 1.29 is 9.59 Å². The van der Waals surface area contributed by atoms with E-state index in [-0.39, 0.29) is 17.7 Å². The molecule has 1 aliphatic rings. The third kappa shape index (κ3) is 3.35. The molecule has 0 saturated carbocycles. The molecule has 0 atom stereocenters. The fourth-order valence-corrected chi connectivity index (χ4v) is 3.27. The predicted molar refractivity (Wildman–Crippen MR) is 94.1 cm³/mol. The molecule has 118 valence electrons. The summed E-state index contributed by atoms with van der Waals surface area (Å²) in [5.74, 6) is -0.339. The van der Waals surface area contributed by atoms with E-state index in [2.05, 4.69) is 0 Å². The summed E-state index contributed by atoms with van der Waals surface area (Å²) in [4.78, 5) is 26.2. The van der Waals surface area contributed by atoms with Crippen LogP contribution in [0.1, 0.15) is 16.7 Å². The molecular weight excluding hydrogens is 344 g/mol. The maximum absolute atomic E-state index is 12.5. The lowest BCUT2D eigenvalue weighted by Crippen LogP contribution is -2.27. The zero-order valence-electron chi connectivity index (χ0n) is 12.4. The van der Waals surface area contributed by atoms with Gasteiger partial charge in [-0.2, -0.15) is 5.26 Å². The van der Waals surface area contributed by atoms with Gasteiger partial charge in [-0.1, -0.05) is 41.9 Å². The standard InChI is InChI=1S/C18H11ClN2O2S/c19-15-4-2-1-3-14(15)11-21-17(22)16(24-18(21)23)9-12-5-7-13(10-20)8-6-12/h1-9H,11H2/b16-9-. The molecular formula is C18H11ClN2O2S. The SMILES string of the molecule is N#Cc1ccc(/C=C2\SC(=O)N(Cc3ccccc3Cl)C2=O)cc1. The molecule has 3 rings (SSSR count). The molecule has 0 aliphatic carbocycles. The number of hydrogen-bond acceptors (Lipinski definition) is 4. The predicted octanol–water partition coefficient (Wildman–Crippen LogP) is 4.45. The number of hydrogen-bond donors (Lipinski definition) is 0. The van der Waals surface area contributed by atoms with Crippen LogP contribution in [0.5, 0.6) is 0 Å². The van der Waals surface area contributed by atoms with Crippen LogP contribution in [0.3, 0.4) is 0 Å². The fraction of sp³-hybridized carbons (Fsp3) is 0.0556. The second-order valence-electron chi connectivity index (χ2n) is 5.09. The van der Waals surface area contributed by atoms with Crippen molar-refractivity contribution in [3.8, 4) is 6.07 Å². The van der Waals surface area contributed by atoms with Crippen LogP contribution in [-0.4, -0.2) is 16.0 Å². The van der Waals surface area contributed by atoms with Crippen LogP contribution in [0.15, 0.2) is 53.4 Å². The lowest BCUT2D eigenvalue weighted by molar-refractivity contribution is -0.123. The molecule has 1 saturated heterocycles. The first-order valence-electron chi connectivity index (χ1n) is 7.07. The molecule has 0 N–H and O–H groups in total. The van der Waals surface area contributed by atoms with Gasteiger partial charge < -0.3 is 0 Å². The second kappa shape index (κ2) is 6.91. The van der Waals surface area contributed by atoms with Crippen molar-refractivity contribution in [3.05, 3.63) is 75.1 Å². The van der Waals surface area contributed by atoms with Gasteiger partial charge in [-0.15, -0.1) is 0 Å². The van der Waals surface area contributed by atoms with Crippen LogP contribution in [0.25, 0.3) is 6.08 Å². The molecule has 24 heavy (non-hydrogen) atoms. The van der Waals surface area contributed by atoms with Crippen molar-refractivity contribution in [2.75, 3.05) is 0 Å². The summed E-state index contributed by atoms with van der Waals surface area (Å²) in [5.41, 5.74) is 2.03. The monoisotopic (exact) mass is 354 g/mol. The average Bonchev–Trinajstić information content (AvgIpc) is 2.85. The number of thioether (sulfide) groups is 1. The topological polar surface area (TPSA) is 61.2 Å². The van der Waals surface area contributed by atoms with Crippen LogP contribution in [0.2, 0.25) is 5.02 Å². The maximum atomic E-state index is 12.5. The Morgan fingerprint density at radius 2 is 1.83 bits per heavy atom. The third-order valence-corrected chi connectivity index (χ3v) is 4.77. The maximum Gasteiger partial charge on any atom is 0.293 e. The van der Waals surface area contributed by atoms with Gasteiger partial charge in [0.1, 0.15) is 0 Å². The van der Waals surface area contributed by atoms with Crippen molar-refractivity contribution >= 4 is 40.6 Å². The van der Waals surface area contributed by atoms with Gasteiger partial charge >= 0.3 is 0 Å². The lowest BCUT2D eigenvalue weighted by atomic mass is 10.1. The van der Waals surface area contributed by atoms with Crippen molar-refractivity contribution in [2.45, 2.75) is 6.54 Å². The quantitative estimate of drug-likeness (QED) is 0.764. The molecule has 0 unspecified atom stereocenters. The largest absolute Gasteiger partial charge is 0.293 e. The highest BCUT2D eigenvalue weighted by Gasteiger charge is 2.35. The first-order valence-corrected chi connectivity index (χ1v) is 8.27. The molecule has 2 aromatic rings. The van der Waals surface area contributed by atoms with Crippen molar-refractivity contribution in [3.63, 3.8) is 0 Å². The van der Waals surface area contributed by atoms with E-state index >= 15 is 0 Å². The number of nitriles is 1. The van der Waals surface area contributed by atoms with Gasteiger partial charge in [0.25, 0.3) is 11.1 Å². The summed E-state index contributed by atoms with van der Waals surface area (Å²) in [5, 5.41) is 9.00. The number of imide groups is 1. The normalized spacial score (nSPS) is 15.8. The van der Waals surface area contributed by atoms with Crippen molar-refractivity contribution in [1.29, 1.82) is 5.26 Å². The third-order valence-electron chi connectivity index (χ3n) is 3.50. The highest BCUT2D eigenvalue weighted by atomic mass is 35.5. The second-order valence-corrected chi connectivity index (χ2v) is 6.49. The Labute approximate surface area is 148 Å². The molecule has 1 heterocycles. The number of nitrogens with zero attached hydrogens (tertiary/aromatic N) is 2. The van der Waals surface area contributed by atoms with Crippen LogP contribution in [-0.2, 0) is 11.3 Å². The fourth-order valence-electron chi connectivity index (χ4n) is 2.24. The molecule has 1 fully saturated rings. The van der Waals surface area contributed by atoms with Crippen LogP contribution < -0.4 is 0 Å². The summed E-state index contributed by atoms with van der Waals surface area (Å²) < 4.78 is 0. The minimum atomic E-state index is -0.339. The number of halogens is 1. The van der Waals surface area contributed by atoms with E-state index in [0.717, 1.165) is 22.9 Å². The van der Waals surface area contributed by atoms with E-state index in [9.17, 15) is 9.59 Å². The van der Waals surface area contributed by atoms with Gasteiger partial charge in [-0.25, -0.2) is 0 Å². The molecule has 2 aromatic carbocycles. The Morgan fingerprint density at radius 3 is 2.50 bits per heavy atom. The van der Waals surface area contributed by atoms with E-state index in [1.807, 2.05) is 12.1 Å². The number of amides is 2. The van der Waals surface area contributed by atoms with Crippen molar-refractivity contribution in [1.82, 2.24) is 4.90 Å². The van der Waals surface area contributed by atoms with Gasteiger partial charge in [0, 0.05) is 5.02 Å². The molecule has 0 spiro atoms. The molecule has 0 bridgehead atoms. The summed E-state index contributed by atoms with van der Waals surface area (Å²) in [7, 11) is 0.